The fourth-order valence-corrected chi connectivity index (χ4v) is 2.08. The first-order valence-corrected chi connectivity index (χ1v) is 5.47. The normalized spacial score (nSPS) is 28.0. The molecule has 3 atom stereocenters. The van der Waals surface area contributed by atoms with Gasteiger partial charge in [-0.05, 0) is 0 Å². The van der Waals surface area contributed by atoms with E-state index in [0.717, 1.165) is 0 Å². The number of fused-ring (bicyclic) bond motifs is 1. The molecule has 3 unspecified atom stereocenters. The maximum Gasteiger partial charge on any atom is 0.189 e. The van der Waals surface area contributed by atoms with Gasteiger partial charge in [0.2, 0.25) is 0 Å². The van der Waals surface area contributed by atoms with Gasteiger partial charge in [0.05, 0.1) is 12.7 Å². The Morgan fingerprint density at radius 2 is 2.39 bits per heavy atom. The molecule has 4 N–H and O–H groups in total. The van der Waals surface area contributed by atoms with Crippen molar-refractivity contribution < 1.29 is 14.9 Å². The Morgan fingerprint density at radius 3 is 3.11 bits per heavy atom. The Balaban J connectivity index is 2.07. The minimum atomic E-state index is -0.759. The standard InChI is InChI=1S/C9H12N6O3/c10-7-6-8(13-14-12-6)15(3-11-7)9-5(17)1-4(2-16)18-9/h3-5,9-10,16-17H,1-2H2,(H,12,13,14). The largest absolute Gasteiger partial charge is 0.394 e. The fraction of sp³-hybridized carbons (Fsp3) is 0.556. The molecule has 3 heterocycles. The third-order valence-corrected chi connectivity index (χ3v) is 2.95. The number of aliphatic hydroxyl groups excluding tert-OH is 2. The van der Waals surface area contributed by atoms with Crippen molar-refractivity contribution in [3.63, 3.8) is 0 Å². The summed E-state index contributed by atoms with van der Waals surface area (Å²) in [5, 5.41) is 36.7. The van der Waals surface area contributed by atoms with Gasteiger partial charge < -0.3 is 14.9 Å². The number of aromatic amines is 1. The average Bonchev–Trinajstić information content (AvgIpc) is 2.97. The Hall–Kier alpha value is -1.84. The molecule has 9 heteroatoms. The molecule has 0 spiro atoms. The smallest absolute Gasteiger partial charge is 0.189 e. The summed E-state index contributed by atoms with van der Waals surface area (Å²) in [6, 6.07) is 0. The predicted octanol–water partition coefficient (Wildman–Crippen LogP) is -1.73. The lowest BCUT2D eigenvalue weighted by Gasteiger charge is -2.17. The minimum Gasteiger partial charge on any atom is -0.394 e. The average molecular weight is 252 g/mol. The van der Waals surface area contributed by atoms with Crippen LogP contribution in [0.3, 0.4) is 0 Å². The van der Waals surface area contributed by atoms with Gasteiger partial charge in [-0.1, -0.05) is 0 Å². The lowest BCUT2D eigenvalue weighted by Crippen LogP contribution is -2.23. The van der Waals surface area contributed by atoms with Gasteiger partial charge in [-0.3, -0.25) is 9.98 Å². The fourth-order valence-electron chi connectivity index (χ4n) is 2.08. The second-order valence-corrected chi connectivity index (χ2v) is 4.13. The number of hydrogen-bond donors (Lipinski definition) is 4. The van der Waals surface area contributed by atoms with Crippen LogP contribution in [0.15, 0.2) is 6.33 Å². The van der Waals surface area contributed by atoms with Crippen LogP contribution in [0.25, 0.3) is 11.2 Å². The van der Waals surface area contributed by atoms with Crippen LogP contribution in [-0.2, 0) is 4.74 Å². The molecular formula is C9H12N6O3. The highest BCUT2D eigenvalue weighted by Crippen LogP contribution is 2.29. The molecule has 0 aromatic carbocycles. The minimum absolute atomic E-state index is 0.00111. The van der Waals surface area contributed by atoms with E-state index < -0.39 is 18.4 Å². The Bertz CT molecular complexity index is 622. The van der Waals surface area contributed by atoms with Crippen LogP contribution in [0.5, 0.6) is 0 Å². The van der Waals surface area contributed by atoms with Gasteiger partial charge in [0.25, 0.3) is 0 Å². The third-order valence-electron chi connectivity index (χ3n) is 2.95. The predicted molar refractivity (Wildman–Crippen MR) is 57.1 cm³/mol. The number of hydrogen-bond acceptors (Lipinski definition) is 7. The quantitative estimate of drug-likeness (QED) is 0.502. The van der Waals surface area contributed by atoms with Crippen LogP contribution < -0.4 is 5.49 Å². The van der Waals surface area contributed by atoms with Crippen LogP contribution in [-0.4, -0.2) is 54.0 Å². The van der Waals surface area contributed by atoms with Crippen molar-refractivity contribution in [2.75, 3.05) is 6.61 Å². The van der Waals surface area contributed by atoms with Crippen molar-refractivity contribution in [2.24, 2.45) is 0 Å². The van der Waals surface area contributed by atoms with E-state index in [0.29, 0.717) is 17.6 Å². The molecule has 0 aliphatic carbocycles. The van der Waals surface area contributed by atoms with Crippen molar-refractivity contribution in [1.29, 1.82) is 5.41 Å². The van der Waals surface area contributed by atoms with Crippen LogP contribution >= 0.6 is 0 Å². The lowest BCUT2D eigenvalue weighted by atomic mass is 10.2. The van der Waals surface area contributed by atoms with E-state index in [4.69, 9.17) is 15.3 Å². The van der Waals surface area contributed by atoms with Crippen molar-refractivity contribution >= 4 is 11.2 Å². The number of H-pyrrole nitrogens is 1. The third kappa shape index (κ3) is 1.60. The summed E-state index contributed by atoms with van der Waals surface area (Å²) in [6.45, 7) is -0.153. The Labute approximate surface area is 101 Å². The summed E-state index contributed by atoms with van der Waals surface area (Å²) in [4.78, 5) is 3.86. The molecule has 0 bridgehead atoms. The number of nitrogens with zero attached hydrogens (tertiary/aromatic N) is 4. The number of ether oxygens (including phenoxy) is 1. The molecule has 9 nitrogen and oxygen atoms in total. The van der Waals surface area contributed by atoms with Gasteiger partial charge in [0, 0.05) is 6.42 Å². The van der Waals surface area contributed by atoms with Gasteiger partial charge in [-0.2, -0.15) is 10.3 Å². The van der Waals surface area contributed by atoms with Gasteiger partial charge in [0.1, 0.15) is 12.4 Å². The van der Waals surface area contributed by atoms with Crippen LogP contribution in [0.4, 0.5) is 0 Å². The van der Waals surface area contributed by atoms with Gasteiger partial charge in [-0.15, -0.1) is 5.10 Å². The van der Waals surface area contributed by atoms with Crippen molar-refractivity contribution in [2.45, 2.75) is 24.9 Å². The molecule has 0 radical (unpaired) electrons. The zero-order valence-corrected chi connectivity index (χ0v) is 9.32. The molecule has 1 aliphatic rings. The first-order valence-electron chi connectivity index (χ1n) is 5.47. The highest BCUT2D eigenvalue weighted by Gasteiger charge is 2.35. The van der Waals surface area contributed by atoms with E-state index in [1.807, 2.05) is 0 Å². The highest BCUT2D eigenvalue weighted by molar-refractivity contribution is 5.67. The molecule has 96 valence electrons. The monoisotopic (exact) mass is 252 g/mol. The van der Waals surface area contributed by atoms with Crippen molar-refractivity contribution in [3.05, 3.63) is 11.8 Å². The summed E-state index contributed by atoms with van der Waals surface area (Å²) in [7, 11) is 0. The molecule has 18 heavy (non-hydrogen) atoms. The molecule has 2 aromatic heterocycles. The van der Waals surface area contributed by atoms with E-state index in [-0.39, 0.29) is 12.1 Å². The SMILES string of the molecule is N=c1ncn(C2OC(CO)CC2O)c2n[nH]nc12. The van der Waals surface area contributed by atoms with E-state index in [1.54, 1.807) is 0 Å². The number of nitrogens with one attached hydrogen (secondary N) is 2. The second-order valence-electron chi connectivity index (χ2n) is 4.13. The maximum absolute atomic E-state index is 9.92. The zero-order valence-electron chi connectivity index (χ0n) is 9.32. The molecule has 1 fully saturated rings. The lowest BCUT2D eigenvalue weighted by molar-refractivity contribution is -0.0492. The summed E-state index contributed by atoms with van der Waals surface area (Å²) < 4.78 is 7.02. The summed E-state index contributed by atoms with van der Waals surface area (Å²) in [6.07, 6.45) is -0.125. The molecule has 0 amide bonds. The number of rotatable bonds is 2. The van der Waals surface area contributed by atoms with Gasteiger partial charge in [0.15, 0.2) is 22.9 Å². The van der Waals surface area contributed by atoms with Gasteiger partial charge in [-0.25, -0.2) is 4.98 Å². The molecule has 3 rings (SSSR count). The Kier molecular flexibility index (Phi) is 2.58. The first-order chi connectivity index (χ1) is 8.70. The summed E-state index contributed by atoms with van der Waals surface area (Å²) >= 11 is 0. The van der Waals surface area contributed by atoms with E-state index in [2.05, 4.69) is 20.4 Å². The highest BCUT2D eigenvalue weighted by atomic mass is 16.5. The number of aliphatic hydroxyl groups is 2. The molecular weight excluding hydrogens is 240 g/mol. The molecule has 1 aliphatic heterocycles. The van der Waals surface area contributed by atoms with Crippen molar-refractivity contribution in [3.8, 4) is 0 Å². The van der Waals surface area contributed by atoms with E-state index >= 15 is 0 Å². The maximum atomic E-state index is 9.92. The van der Waals surface area contributed by atoms with Crippen molar-refractivity contribution in [1.82, 2.24) is 25.0 Å². The second kappa shape index (κ2) is 4.12. The van der Waals surface area contributed by atoms with Crippen LogP contribution in [0.2, 0.25) is 0 Å². The zero-order chi connectivity index (χ0) is 12.7. The summed E-state index contributed by atoms with van der Waals surface area (Å²) in [5.74, 6) is 0. The molecule has 1 saturated heterocycles. The van der Waals surface area contributed by atoms with E-state index in [9.17, 15) is 5.11 Å². The number of aromatic nitrogens is 5. The topological polar surface area (TPSA) is 133 Å². The van der Waals surface area contributed by atoms with Gasteiger partial charge >= 0.3 is 0 Å². The first kappa shape index (κ1) is 11.3. The van der Waals surface area contributed by atoms with Crippen LogP contribution in [0, 0.1) is 5.41 Å². The van der Waals surface area contributed by atoms with E-state index in [1.165, 1.54) is 10.9 Å². The molecule has 2 aromatic rings. The Morgan fingerprint density at radius 1 is 1.56 bits per heavy atom. The molecule has 0 saturated carbocycles. The van der Waals surface area contributed by atoms with Crippen LogP contribution in [0.1, 0.15) is 12.6 Å². The summed E-state index contributed by atoms with van der Waals surface area (Å²) in [5.41, 5.74) is 0.694.